The van der Waals surface area contributed by atoms with E-state index in [2.05, 4.69) is 13.2 Å². The maximum absolute atomic E-state index is 12.8. The molecule has 0 aromatic heterocycles. The van der Waals surface area contributed by atoms with Crippen molar-refractivity contribution in [2.45, 2.75) is 12.5 Å². The lowest BCUT2D eigenvalue weighted by molar-refractivity contribution is 0.159. The smallest absolute Gasteiger partial charge is 0.121 e. The topological polar surface area (TPSA) is 49.7 Å². The summed E-state index contributed by atoms with van der Waals surface area (Å²) in [6.07, 6.45) is 0.207. The molecule has 0 aliphatic rings. The number of hydrogen-bond acceptors (Lipinski definition) is 3. The third-order valence-corrected chi connectivity index (χ3v) is 1.65. The Hall–Kier alpha value is -1.13. The number of aliphatic hydroxyl groups excluding tert-OH is 2. The second-order valence-corrected chi connectivity index (χ2v) is 2.70. The molecule has 2 N–H and O–H groups in total. The van der Waals surface area contributed by atoms with Crippen LogP contribution in [0.3, 0.4) is 0 Å². The molecule has 1 atom stereocenters. The van der Waals surface area contributed by atoms with Gasteiger partial charge in [-0.1, -0.05) is 13.2 Å². The molecule has 0 amide bonds. The number of rotatable bonds is 6. The monoisotopic (exact) mass is 202 g/mol. The number of ether oxygens (including phenoxy) is 1. The lowest BCUT2D eigenvalue weighted by atomic mass is 10.1. The van der Waals surface area contributed by atoms with Crippen molar-refractivity contribution in [3.8, 4) is 0 Å². The van der Waals surface area contributed by atoms with Crippen LogP contribution in [0.1, 0.15) is 6.42 Å². The van der Waals surface area contributed by atoms with Crippen molar-refractivity contribution in [3.63, 3.8) is 0 Å². The number of halogens is 1. The van der Waals surface area contributed by atoms with Gasteiger partial charge in [0, 0.05) is 18.6 Å². The molecule has 14 heavy (non-hydrogen) atoms. The Morgan fingerprint density at radius 1 is 1.57 bits per heavy atom. The van der Waals surface area contributed by atoms with Gasteiger partial charge in [-0.15, -0.1) is 0 Å². The normalized spacial score (nSPS) is 13.6. The zero-order chi connectivity index (χ0) is 11.1. The van der Waals surface area contributed by atoms with E-state index in [1.807, 2.05) is 0 Å². The Kier molecular flexibility index (Phi) is 5.83. The Bertz CT molecular complexity index is 246. The van der Waals surface area contributed by atoms with Crippen LogP contribution in [-0.4, -0.2) is 30.0 Å². The third-order valence-electron chi connectivity index (χ3n) is 1.65. The van der Waals surface area contributed by atoms with E-state index in [-0.39, 0.29) is 24.4 Å². The summed E-state index contributed by atoms with van der Waals surface area (Å²) in [6, 6.07) is 0. The van der Waals surface area contributed by atoms with Crippen LogP contribution in [-0.2, 0) is 4.74 Å². The van der Waals surface area contributed by atoms with E-state index in [1.54, 1.807) is 0 Å². The van der Waals surface area contributed by atoms with Gasteiger partial charge in [-0.2, -0.15) is 0 Å². The van der Waals surface area contributed by atoms with Crippen LogP contribution in [0, 0.1) is 0 Å². The van der Waals surface area contributed by atoms with E-state index < -0.39 is 11.9 Å². The third kappa shape index (κ3) is 4.20. The first-order valence-corrected chi connectivity index (χ1v) is 4.11. The van der Waals surface area contributed by atoms with E-state index in [4.69, 9.17) is 9.84 Å². The summed E-state index contributed by atoms with van der Waals surface area (Å²) in [5.74, 6) is -0.542. The van der Waals surface area contributed by atoms with Gasteiger partial charge in [0.05, 0.1) is 13.2 Å². The molecule has 1 unspecified atom stereocenters. The first-order valence-electron chi connectivity index (χ1n) is 4.11. The van der Waals surface area contributed by atoms with Crippen LogP contribution in [0.2, 0.25) is 0 Å². The standard InChI is InChI=1S/C10H15FO3/c1-7(14-3)6-9(8(2)11)10(13)4-5-12/h6,10,12-13H,1-2,4-5H2,3H3/b9-6+. The van der Waals surface area contributed by atoms with Crippen LogP contribution < -0.4 is 0 Å². The Morgan fingerprint density at radius 3 is 2.50 bits per heavy atom. The van der Waals surface area contributed by atoms with Gasteiger partial charge in [0.2, 0.25) is 0 Å². The van der Waals surface area contributed by atoms with Gasteiger partial charge >= 0.3 is 0 Å². The van der Waals surface area contributed by atoms with Gasteiger partial charge in [0.25, 0.3) is 0 Å². The number of allylic oxidation sites excluding steroid dienone is 1. The highest BCUT2D eigenvalue weighted by Crippen LogP contribution is 2.18. The maximum atomic E-state index is 12.8. The summed E-state index contributed by atoms with van der Waals surface area (Å²) in [7, 11) is 1.38. The fourth-order valence-corrected chi connectivity index (χ4v) is 0.865. The average Bonchev–Trinajstić information content (AvgIpc) is 2.13. The fraction of sp³-hybridized carbons (Fsp3) is 0.400. The number of methoxy groups -OCH3 is 1. The van der Waals surface area contributed by atoms with Crippen molar-refractivity contribution in [2.75, 3.05) is 13.7 Å². The fourth-order valence-electron chi connectivity index (χ4n) is 0.865. The molecule has 0 aromatic carbocycles. The van der Waals surface area contributed by atoms with E-state index >= 15 is 0 Å². The molecule has 0 aliphatic carbocycles. The summed E-state index contributed by atoms with van der Waals surface area (Å²) in [6.45, 7) is 6.30. The summed E-state index contributed by atoms with van der Waals surface area (Å²) in [5, 5.41) is 18.0. The lowest BCUT2D eigenvalue weighted by Gasteiger charge is -2.12. The zero-order valence-corrected chi connectivity index (χ0v) is 8.16. The number of hydrogen-bond donors (Lipinski definition) is 2. The van der Waals surface area contributed by atoms with Crippen LogP contribution in [0.5, 0.6) is 0 Å². The van der Waals surface area contributed by atoms with Crippen molar-refractivity contribution < 1.29 is 19.3 Å². The quantitative estimate of drug-likeness (QED) is 0.504. The van der Waals surface area contributed by atoms with Gasteiger partial charge in [-0.3, -0.25) is 0 Å². The Labute approximate surface area is 82.8 Å². The highest BCUT2D eigenvalue weighted by molar-refractivity contribution is 5.31. The zero-order valence-electron chi connectivity index (χ0n) is 8.16. The second-order valence-electron chi connectivity index (χ2n) is 2.70. The molecular weight excluding hydrogens is 187 g/mol. The molecule has 4 heteroatoms. The SMILES string of the molecule is C=C(/C=C(\C(=C)F)C(O)CCO)OC. The van der Waals surface area contributed by atoms with Gasteiger partial charge < -0.3 is 14.9 Å². The van der Waals surface area contributed by atoms with Crippen molar-refractivity contribution >= 4 is 0 Å². The first kappa shape index (κ1) is 12.9. The van der Waals surface area contributed by atoms with E-state index in [9.17, 15) is 9.50 Å². The maximum Gasteiger partial charge on any atom is 0.121 e. The molecule has 0 rings (SSSR count). The minimum Gasteiger partial charge on any atom is -0.497 e. The van der Waals surface area contributed by atoms with Crippen LogP contribution >= 0.6 is 0 Å². The highest BCUT2D eigenvalue weighted by Gasteiger charge is 2.13. The molecule has 0 radical (unpaired) electrons. The van der Waals surface area contributed by atoms with E-state index in [0.29, 0.717) is 0 Å². The van der Waals surface area contributed by atoms with Crippen molar-refractivity contribution in [1.29, 1.82) is 0 Å². The highest BCUT2D eigenvalue weighted by atomic mass is 19.1. The Balaban J connectivity index is 4.67. The van der Waals surface area contributed by atoms with Crippen molar-refractivity contribution in [2.24, 2.45) is 0 Å². The summed E-state index contributed by atoms with van der Waals surface area (Å²) < 4.78 is 17.5. The molecule has 80 valence electrons. The predicted octanol–water partition coefficient (Wildman–Crippen LogP) is 1.30. The minimum absolute atomic E-state index is 0.0223. The largest absolute Gasteiger partial charge is 0.497 e. The minimum atomic E-state index is -1.09. The van der Waals surface area contributed by atoms with Crippen LogP contribution in [0.25, 0.3) is 0 Å². The summed E-state index contributed by atoms with van der Waals surface area (Å²) in [5.41, 5.74) is -0.0223. The van der Waals surface area contributed by atoms with Gasteiger partial charge in [0.15, 0.2) is 0 Å². The molecule has 0 heterocycles. The second kappa shape index (κ2) is 6.34. The molecule has 0 fully saturated rings. The number of aliphatic hydroxyl groups is 2. The van der Waals surface area contributed by atoms with Crippen LogP contribution in [0.4, 0.5) is 4.39 Å². The summed E-state index contributed by atoms with van der Waals surface area (Å²) in [4.78, 5) is 0. The van der Waals surface area contributed by atoms with E-state index in [1.165, 1.54) is 13.2 Å². The molecule has 0 spiro atoms. The van der Waals surface area contributed by atoms with Gasteiger partial charge in [0.1, 0.15) is 11.6 Å². The van der Waals surface area contributed by atoms with Crippen LogP contribution in [0.15, 0.2) is 36.4 Å². The average molecular weight is 202 g/mol. The van der Waals surface area contributed by atoms with Crippen molar-refractivity contribution in [1.82, 2.24) is 0 Å². The van der Waals surface area contributed by atoms with Gasteiger partial charge in [-0.25, -0.2) is 4.39 Å². The van der Waals surface area contributed by atoms with Gasteiger partial charge in [-0.05, 0) is 6.08 Å². The molecule has 0 saturated heterocycles. The van der Waals surface area contributed by atoms with Crippen molar-refractivity contribution in [3.05, 3.63) is 36.4 Å². The molecule has 0 aliphatic heterocycles. The molecule has 0 saturated carbocycles. The Morgan fingerprint density at radius 2 is 2.14 bits per heavy atom. The molecule has 3 nitrogen and oxygen atoms in total. The predicted molar refractivity (Wildman–Crippen MR) is 52.2 cm³/mol. The molecule has 0 bridgehead atoms. The van der Waals surface area contributed by atoms with E-state index in [0.717, 1.165) is 0 Å². The lowest BCUT2D eigenvalue weighted by Crippen LogP contribution is -2.13. The molecular formula is C10H15FO3. The first-order chi connectivity index (χ1) is 6.52. The summed E-state index contributed by atoms with van der Waals surface area (Å²) >= 11 is 0. The molecule has 0 aromatic rings.